The summed E-state index contributed by atoms with van der Waals surface area (Å²) in [7, 11) is 3.26. The van der Waals surface area contributed by atoms with E-state index < -0.39 is 0 Å². The number of benzene rings is 3. The number of nitrogens with one attached hydrogen (secondary N) is 2. The lowest BCUT2D eigenvalue weighted by atomic mass is 10.3. The Balaban J connectivity index is 1.42. The number of anilines is 2. The van der Waals surface area contributed by atoms with Crippen LogP contribution in [0.25, 0.3) is 5.69 Å². The zero-order chi connectivity index (χ0) is 24.5. The highest BCUT2D eigenvalue weighted by atomic mass is 32.2. The van der Waals surface area contributed by atoms with Gasteiger partial charge in [-0.3, -0.25) is 9.36 Å². The van der Waals surface area contributed by atoms with Gasteiger partial charge in [0.2, 0.25) is 5.91 Å². The molecule has 0 unspecified atom stereocenters. The topological polar surface area (TPSA) is 90.3 Å². The number of hydrogen-bond donors (Lipinski definition) is 2. The molecule has 1 amide bonds. The van der Waals surface area contributed by atoms with Crippen molar-refractivity contribution < 1.29 is 14.3 Å². The van der Waals surface area contributed by atoms with Crippen LogP contribution in [0.1, 0.15) is 12.2 Å². The average molecular weight is 490 g/mol. The molecule has 0 aliphatic carbocycles. The molecule has 3 aromatic carbocycles. The first kappa shape index (κ1) is 24.2. The molecule has 0 spiro atoms. The molecule has 1 heterocycles. The Bertz CT molecular complexity index is 1250. The lowest BCUT2D eigenvalue weighted by Crippen LogP contribution is -2.12. The van der Waals surface area contributed by atoms with E-state index in [4.69, 9.17) is 9.47 Å². The smallest absolute Gasteiger partial charge is 0.225 e. The lowest BCUT2D eigenvalue weighted by Gasteiger charge is -2.13. The molecule has 0 aliphatic heterocycles. The maximum absolute atomic E-state index is 12.4. The number of hydrogen-bond acceptors (Lipinski definition) is 7. The Morgan fingerprint density at radius 2 is 1.66 bits per heavy atom. The van der Waals surface area contributed by atoms with Gasteiger partial charge >= 0.3 is 0 Å². The van der Waals surface area contributed by atoms with E-state index in [1.165, 1.54) is 11.8 Å². The first-order valence-corrected chi connectivity index (χ1v) is 12.1. The number of nitrogens with zero attached hydrogens (tertiary/aromatic N) is 3. The van der Waals surface area contributed by atoms with Gasteiger partial charge in [0, 0.05) is 23.5 Å². The highest BCUT2D eigenvalue weighted by Gasteiger charge is 2.15. The first-order chi connectivity index (χ1) is 17.2. The van der Waals surface area contributed by atoms with Gasteiger partial charge in [0.05, 0.1) is 26.5 Å². The van der Waals surface area contributed by atoms with Gasteiger partial charge in [0.25, 0.3) is 0 Å². The number of methoxy groups -OCH3 is 2. The Labute approximate surface area is 208 Å². The molecule has 9 heteroatoms. The number of rotatable bonds is 11. The molecule has 8 nitrogen and oxygen atoms in total. The van der Waals surface area contributed by atoms with Crippen LogP contribution in [-0.4, -0.2) is 40.6 Å². The standard InChI is InChI=1S/C26H27N5O3S/c1-33-21-14-12-19(13-15-21)28-25(32)16-17-35-26-30-29-24(31(26)20-8-4-3-5-9-20)18-27-22-10-6-7-11-23(22)34-2/h3-15,27H,16-18H2,1-2H3,(H,28,32). The van der Waals surface area contributed by atoms with Crippen LogP contribution >= 0.6 is 11.8 Å². The van der Waals surface area contributed by atoms with Gasteiger partial charge in [-0.15, -0.1) is 10.2 Å². The second-order valence-corrected chi connectivity index (χ2v) is 8.56. The number of aromatic nitrogens is 3. The van der Waals surface area contributed by atoms with Gasteiger partial charge in [0.15, 0.2) is 11.0 Å². The Hall–Kier alpha value is -3.98. The largest absolute Gasteiger partial charge is 0.497 e. The number of amides is 1. The minimum atomic E-state index is -0.0634. The molecule has 4 rings (SSSR count). The highest BCUT2D eigenvalue weighted by Crippen LogP contribution is 2.26. The van der Waals surface area contributed by atoms with Crippen LogP contribution in [0.4, 0.5) is 11.4 Å². The fourth-order valence-electron chi connectivity index (χ4n) is 3.44. The molecule has 0 saturated carbocycles. The summed E-state index contributed by atoms with van der Waals surface area (Å²) in [6, 6.07) is 24.9. The predicted octanol–water partition coefficient (Wildman–Crippen LogP) is 5.02. The summed E-state index contributed by atoms with van der Waals surface area (Å²) in [5, 5.41) is 15.8. The van der Waals surface area contributed by atoms with Crippen molar-refractivity contribution in [3.8, 4) is 17.2 Å². The van der Waals surface area contributed by atoms with E-state index in [1.807, 2.05) is 83.4 Å². The van der Waals surface area contributed by atoms with Gasteiger partial charge in [-0.25, -0.2) is 0 Å². The third kappa shape index (κ3) is 6.33. The molecule has 35 heavy (non-hydrogen) atoms. The number of thioether (sulfide) groups is 1. The molecular formula is C26H27N5O3S. The van der Waals surface area contributed by atoms with Crippen LogP contribution in [0.3, 0.4) is 0 Å². The van der Waals surface area contributed by atoms with Crippen molar-refractivity contribution >= 4 is 29.0 Å². The fourth-order valence-corrected chi connectivity index (χ4v) is 4.35. The van der Waals surface area contributed by atoms with Crippen molar-refractivity contribution in [1.82, 2.24) is 14.8 Å². The number of ether oxygens (including phenoxy) is 2. The second kappa shape index (κ2) is 11.9. The summed E-state index contributed by atoms with van der Waals surface area (Å²) < 4.78 is 12.6. The predicted molar refractivity (Wildman–Crippen MR) is 139 cm³/mol. The van der Waals surface area contributed by atoms with E-state index in [9.17, 15) is 4.79 Å². The van der Waals surface area contributed by atoms with Gasteiger partial charge in [0.1, 0.15) is 11.5 Å². The maximum atomic E-state index is 12.4. The number of carbonyl (C=O) groups excluding carboxylic acids is 1. The van der Waals surface area contributed by atoms with Gasteiger partial charge < -0.3 is 20.1 Å². The van der Waals surface area contributed by atoms with Gasteiger partial charge in [-0.2, -0.15) is 0 Å². The molecule has 0 fully saturated rings. The van der Waals surface area contributed by atoms with Crippen LogP contribution in [-0.2, 0) is 11.3 Å². The molecular weight excluding hydrogens is 462 g/mol. The summed E-state index contributed by atoms with van der Waals surface area (Å²) in [4.78, 5) is 12.4. The second-order valence-electron chi connectivity index (χ2n) is 7.50. The van der Waals surface area contributed by atoms with Crippen molar-refractivity contribution in [2.75, 3.05) is 30.6 Å². The Morgan fingerprint density at radius 3 is 2.40 bits per heavy atom. The molecule has 0 atom stereocenters. The van der Waals surface area contributed by atoms with Crippen LogP contribution in [0.5, 0.6) is 11.5 Å². The van der Waals surface area contributed by atoms with E-state index in [0.29, 0.717) is 18.7 Å². The van der Waals surface area contributed by atoms with Crippen molar-refractivity contribution in [2.24, 2.45) is 0 Å². The van der Waals surface area contributed by atoms with Gasteiger partial charge in [-0.1, -0.05) is 42.1 Å². The Kier molecular flexibility index (Phi) is 8.24. The quantitative estimate of drug-likeness (QED) is 0.286. The zero-order valence-electron chi connectivity index (χ0n) is 19.6. The monoisotopic (exact) mass is 489 g/mol. The molecule has 0 radical (unpaired) electrons. The van der Waals surface area contributed by atoms with E-state index in [-0.39, 0.29) is 5.91 Å². The minimum Gasteiger partial charge on any atom is -0.497 e. The summed E-state index contributed by atoms with van der Waals surface area (Å²) in [5.74, 6) is 2.76. The Morgan fingerprint density at radius 1 is 0.914 bits per heavy atom. The molecule has 4 aromatic rings. The molecule has 2 N–H and O–H groups in total. The van der Waals surface area contributed by atoms with E-state index in [0.717, 1.165) is 39.5 Å². The first-order valence-electron chi connectivity index (χ1n) is 11.1. The SMILES string of the molecule is COc1ccc(NC(=O)CCSc2nnc(CNc3ccccc3OC)n2-c2ccccc2)cc1. The van der Waals surface area contributed by atoms with Crippen molar-refractivity contribution in [3.05, 3.63) is 84.7 Å². The fraction of sp³-hybridized carbons (Fsp3) is 0.192. The summed E-state index contributed by atoms with van der Waals surface area (Å²) in [5.41, 5.74) is 2.57. The van der Waals surface area contributed by atoms with Crippen LogP contribution in [0, 0.1) is 0 Å². The summed E-state index contributed by atoms with van der Waals surface area (Å²) in [6.45, 7) is 0.459. The van der Waals surface area contributed by atoms with Crippen LogP contribution < -0.4 is 20.1 Å². The average Bonchev–Trinajstić information content (AvgIpc) is 3.31. The van der Waals surface area contributed by atoms with Crippen LogP contribution in [0.15, 0.2) is 84.0 Å². The lowest BCUT2D eigenvalue weighted by molar-refractivity contribution is -0.115. The number of carbonyl (C=O) groups is 1. The molecule has 0 saturated heterocycles. The summed E-state index contributed by atoms with van der Waals surface area (Å²) in [6.07, 6.45) is 0.340. The normalized spacial score (nSPS) is 10.6. The van der Waals surface area contributed by atoms with Gasteiger partial charge in [-0.05, 0) is 48.5 Å². The van der Waals surface area contributed by atoms with Crippen LogP contribution in [0.2, 0.25) is 0 Å². The van der Waals surface area contributed by atoms with E-state index >= 15 is 0 Å². The van der Waals surface area contributed by atoms with E-state index in [1.54, 1.807) is 14.2 Å². The molecule has 1 aromatic heterocycles. The minimum absolute atomic E-state index is 0.0634. The highest BCUT2D eigenvalue weighted by molar-refractivity contribution is 7.99. The molecule has 180 valence electrons. The third-order valence-corrected chi connectivity index (χ3v) is 6.12. The number of para-hydroxylation sites is 3. The molecule has 0 bridgehead atoms. The van der Waals surface area contributed by atoms with Crippen molar-refractivity contribution in [3.63, 3.8) is 0 Å². The molecule has 0 aliphatic rings. The van der Waals surface area contributed by atoms with E-state index in [2.05, 4.69) is 20.8 Å². The maximum Gasteiger partial charge on any atom is 0.225 e. The third-order valence-electron chi connectivity index (χ3n) is 5.19. The van der Waals surface area contributed by atoms with Crippen molar-refractivity contribution in [1.29, 1.82) is 0 Å². The zero-order valence-corrected chi connectivity index (χ0v) is 20.4. The van der Waals surface area contributed by atoms with Crippen molar-refractivity contribution in [2.45, 2.75) is 18.1 Å². The summed E-state index contributed by atoms with van der Waals surface area (Å²) >= 11 is 1.49.